The van der Waals surface area contributed by atoms with Crippen molar-refractivity contribution >= 4 is 29.3 Å². The second-order valence-electron chi connectivity index (χ2n) is 8.51. The second-order valence-corrected chi connectivity index (χ2v) is 9.45. The molecule has 0 aliphatic carbocycles. The van der Waals surface area contributed by atoms with Gasteiger partial charge in [0.2, 0.25) is 5.91 Å². The predicted octanol–water partition coefficient (Wildman–Crippen LogP) is 4.45. The normalized spacial score (nSPS) is 15.6. The average molecular weight is 464 g/mol. The molecule has 1 aromatic heterocycles. The maximum Gasteiger partial charge on any atom is 0.254 e. The summed E-state index contributed by atoms with van der Waals surface area (Å²) in [6, 6.07) is 13.4. The molecule has 1 aliphatic rings. The topological polar surface area (TPSA) is 80.1 Å². The lowest BCUT2D eigenvalue weighted by atomic mass is 10.1. The smallest absolute Gasteiger partial charge is 0.254 e. The Hall–Kier alpha value is -3.13. The molecule has 4 rings (SSSR count). The average Bonchev–Trinajstić information content (AvgIpc) is 3.42. The van der Waals surface area contributed by atoms with Crippen molar-refractivity contribution < 1.29 is 9.59 Å². The molecule has 3 aromatic rings. The molecule has 0 bridgehead atoms. The molecule has 8 heteroatoms. The van der Waals surface area contributed by atoms with E-state index in [0.29, 0.717) is 17.3 Å². The second kappa shape index (κ2) is 9.79. The Morgan fingerprint density at radius 3 is 2.61 bits per heavy atom. The Kier molecular flexibility index (Phi) is 6.83. The molecular weight excluding hydrogens is 434 g/mol. The standard InChI is InChI=1S/C25H29N5O2S/c1-16-10-12-19(13-11-16)24(32)30-14-6-9-21(30)23-27-28-25(29(23)4)33-15-22(31)26-20-8-5-7-17(2)18(20)3/h5,7-8,10-13,21H,6,9,14-15H2,1-4H3,(H,26,31). The molecule has 1 aliphatic heterocycles. The van der Waals surface area contributed by atoms with Crippen LogP contribution in [0.4, 0.5) is 5.69 Å². The minimum atomic E-state index is -0.116. The van der Waals surface area contributed by atoms with Gasteiger partial charge in [-0.3, -0.25) is 9.59 Å². The lowest BCUT2D eigenvalue weighted by Crippen LogP contribution is -2.31. The van der Waals surface area contributed by atoms with Gasteiger partial charge in [-0.2, -0.15) is 0 Å². The van der Waals surface area contributed by atoms with Crippen LogP contribution in [0.1, 0.15) is 51.8 Å². The summed E-state index contributed by atoms with van der Waals surface area (Å²) in [5, 5.41) is 12.3. The van der Waals surface area contributed by atoms with Crippen molar-refractivity contribution in [3.63, 3.8) is 0 Å². The summed E-state index contributed by atoms with van der Waals surface area (Å²) in [5.74, 6) is 0.916. The van der Waals surface area contributed by atoms with E-state index in [1.54, 1.807) is 0 Å². The highest BCUT2D eigenvalue weighted by molar-refractivity contribution is 7.99. The third-order valence-corrected chi connectivity index (χ3v) is 7.21. The van der Waals surface area contributed by atoms with Crippen molar-refractivity contribution in [2.75, 3.05) is 17.6 Å². The number of aromatic nitrogens is 3. The number of carbonyl (C=O) groups is 2. The highest BCUT2D eigenvalue weighted by atomic mass is 32.2. The van der Waals surface area contributed by atoms with E-state index in [-0.39, 0.29) is 23.6 Å². The molecule has 0 spiro atoms. The van der Waals surface area contributed by atoms with E-state index in [0.717, 1.165) is 41.0 Å². The number of thioether (sulfide) groups is 1. The number of hydrogen-bond acceptors (Lipinski definition) is 5. The van der Waals surface area contributed by atoms with Gasteiger partial charge in [0, 0.05) is 24.8 Å². The molecular formula is C25H29N5O2S. The van der Waals surface area contributed by atoms with Gasteiger partial charge in [-0.25, -0.2) is 0 Å². The quantitative estimate of drug-likeness (QED) is 0.547. The maximum atomic E-state index is 13.1. The lowest BCUT2D eigenvalue weighted by Gasteiger charge is -2.24. The van der Waals surface area contributed by atoms with E-state index in [4.69, 9.17) is 0 Å². The van der Waals surface area contributed by atoms with Crippen LogP contribution in [-0.2, 0) is 11.8 Å². The summed E-state index contributed by atoms with van der Waals surface area (Å²) in [6.07, 6.45) is 1.78. The number of carbonyl (C=O) groups excluding carboxylic acids is 2. The maximum absolute atomic E-state index is 13.1. The number of benzene rings is 2. The van der Waals surface area contributed by atoms with Gasteiger partial charge in [-0.1, -0.05) is 41.6 Å². The number of nitrogens with zero attached hydrogens (tertiary/aromatic N) is 4. The molecule has 33 heavy (non-hydrogen) atoms. The molecule has 7 nitrogen and oxygen atoms in total. The van der Waals surface area contributed by atoms with Crippen LogP contribution in [0.5, 0.6) is 0 Å². The first-order chi connectivity index (χ1) is 15.8. The van der Waals surface area contributed by atoms with Crippen molar-refractivity contribution in [3.05, 3.63) is 70.5 Å². The summed E-state index contributed by atoms with van der Waals surface area (Å²) in [7, 11) is 1.90. The van der Waals surface area contributed by atoms with Crippen molar-refractivity contribution in [2.45, 2.75) is 44.8 Å². The van der Waals surface area contributed by atoms with E-state index in [1.807, 2.05) is 79.8 Å². The molecule has 0 radical (unpaired) electrons. The third kappa shape index (κ3) is 4.95. The zero-order chi connectivity index (χ0) is 23.5. The van der Waals surface area contributed by atoms with Crippen LogP contribution >= 0.6 is 11.8 Å². The number of likely N-dealkylation sites (tertiary alicyclic amines) is 1. The fraction of sp³-hybridized carbons (Fsp3) is 0.360. The van der Waals surface area contributed by atoms with Gasteiger partial charge in [0.05, 0.1) is 11.8 Å². The molecule has 1 N–H and O–H groups in total. The first-order valence-corrected chi connectivity index (χ1v) is 12.1. The first kappa shape index (κ1) is 23.0. The van der Waals surface area contributed by atoms with Crippen molar-refractivity contribution in [2.24, 2.45) is 7.05 Å². The van der Waals surface area contributed by atoms with E-state index in [1.165, 1.54) is 11.8 Å². The fourth-order valence-corrected chi connectivity index (χ4v) is 4.80. The highest BCUT2D eigenvalue weighted by Gasteiger charge is 2.34. The SMILES string of the molecule is Cc1ccc(C(=O)N2CCCC2c2nnc(SCC(=O)Nc3cccc(C)c3C)n2C)cc1. The molecule has 172 valence electrons. The largest absolute Gasteiger partial charge is 0.328 e. The molecule has 1 saturated heterocycles. The van der Waals surface area contributed by atoms with Crippen LogP contribution < -0.4 is 5.32 Å². The molecule has 2 amide bonds. The van der Waals surface area contributed by atoms with Crippen molar-refractivity contribution in [3.8, 4) is 0 Å². The van der Waals surface area contributed by atoms with E-state index >= 15 is 0 Å². The summed E-state index contributed by atoms with van der Waals surface area (Å²) in [4.78, 5) is 27.5. The van der Waals surface area contributed by atoms with Gasteiger partial charge >= 0.3 is 0 Å². The Morgan fingerprint density at radius 1 is 1.09 bits per heavy atom. The molecule has 0 saturated carbocycles. The Labute approximate surface area is 198 Å². The summed E-state index contributed by atoms with van der Waals surface area (Å²) < 4.78 is 1.90. The van der Waals surface area contributed by atoms with Gasteiger partial charge < -0.3 is 14.8 Å². The van der Waals surface area contributed by atoms with Crippen molar-refractivity contribution in [1.29, 1.82) is 0 Å². The summed E-state index contributed by atoms with van der Waals surface area (Å²) in [6.45, 7) is 6.73. The van der Waals surface area contributed by atoms with Crippen LogP contribution in [0.25, 0.3) is 0 Å². The Morgan fingerprint density at radius 2 is 1.85 bits per heavy atom. The summed E-state index contributed by atoms with van der Waals surface area (Å²) >= 11 is 1.35. The molecule has 1 atom stereocenters. The molecule has 1 unspecified atom stereocenters. The summed E-state index contributed by atoms with van der Waals surface area (Å²) in [5.41, 5.74) is 4.85. The van der Waals surface area contributed by atoms with Crippen LogP contribution in [-0.4, -0.2) is 43.8 Å². The van der Waals surface area contributed by atoms with Gasteiger partial charge in [-0.15, -0.1) is 10.2 Å². The van der Waals surface area contributed by atoms with Crippen LogP contribution in [0.2, 0.25) is 0 Å². The number of nitrogens with one attached hydrogen (secondary N) is 1. The Bertz CT molecular complexity index is 1170. The molecule has 2 heterocycles. The van der Waals surface area contributed by atoms with Crippen molar-refractivity contribution in [1.82, 2.24) is 19.7 Å². The number of hydrogen-bond donors (Lipinski definition) is 1. The van der Waals surface area contributed by atoms with Gasteiger partial charge in [0.15, 0.2) is 11.0 Å². The monoisotopic (exact) mass is 463 g/mol. The minimum Gasteiger partial charge on any atom is -0.328 e. The minimum absolute atomic E-state index is 0.0163. The lowest BCUT2D eigenvalue weighted by molar-refractivity contribution is -0.113. The number of anilines is 1. The van der Waals surface area contributed by atoms with Crippen LogP contribution in [0, 0.1) is 20.8 Å². The predicted molar refractivity (Wildman–Crippen MR) is 130 cm³/mol. The number of amides is 2. The van der Waals surface area contributed by atoms with Gasteiger partial charge in [-0.05, 0) is 62.9 Å². The first-order valence-electron chi connectivity index (χ1n) is 11.1. The van der Waals surface area contributed by atoms with Gasteiger partial charge in [0.1, 0.15) is 0 Å². The third-order valence-electron chi connectivity index (χ3n) is 6.19. The molecule has 1 fully saturated rings. The zero-order valence-corrected chi connectivity index (χ0v) is 20.3. The fourth-order valence-electron chi connectivity index (χ4n) is 4.09. The van der Waals surface area contributed by atoms with Crippen LogP contribution in [0.3, 0.4) is 0 Å². The zero-order valence-electron chi connectivity index (χ0n) is 19.5. The van der Waals surface area contributed by atoms with E-state index in [2.05, 4.69) is 15.5 Å². The van der Waals surface area contributed by atoms with Crippen LogP contribution in [0.15, 0.2) is 47.6 Å². The number of aryl methyl sites for hydroxylation is 2. The van der Waals surface area contributed by atoms with Gasteiger partial charge in [0.25, 0.3) is 5.91 Å². The van der Waals surface area contributed by atoms with E-state index in [9.17, 15) is 9.59 Å². The molecule has 2 aromatic carbocycles. The highest BCUT2D eigenvalue weighted by Crippen LogP contribution is 2.33. The number of rotatable bonds is 6. The van der Waals surface area contributed by atoms with E-state index < -0.39 is 0 Å². The Balaban J connectivity index is 1.42.